The maximum atomic E-state index is 14.0. The third-order valence-electron chi connectivity index (χ3n) is 3.63. The van der Waals surface area contributed by atoms with Crippen molar-refractivity contribution in [3.8, 4) is 0 Å². The summed E-state index contributed by atoms with van der Waals surface area (Å²) in [7, 11) is 0. The molecule has 0 aliphatic carbocycles. The minimum absolute atomic E-state index is 0.0405. The summed E-state index contributed by atoms with van der Waals surface area (Å²) in [5.41, 5.74) is 4.94. The molecule has 0 bridgehead atoms. The fraction of sp³-hybridized carbons (Fsp3) is 0.333. The van der Waals surface area contributed by atoms with Gasteiger partial charge in [-0.1, -0.05) is 22.0 Å². The van der Waals surface area contributed by atoms with Gasteiger partial charge in [-0.05, 0) is 47.9 Å². The first-order valence-electron chi connectivity index (χ1n) is 6.76. The number of hydrogen-bond donors (Lipinski definition) is 2. The lowest BCUT2D eigenvalue weighted by atomic mass is 10.0. The quantitative estimate of drug-likeness (QED) is 0.611. The molecule has 2 aromatic rings. The van der Waals surface area contributed by atoms with Crippen molar-refractivity contribution in [3.63, 3.8) is 0 Å². The number of fused-ring (bicyclic) bond motifs is 1. The van der Waals surface area contributed by atoms with E-state index in [0.717, 1.165) is 16.6 Å². The van der Waals surface area contributed by atoms with Gasteiger partial charge in [0.05, 0.1) is 6.04 Å². The number of thiophene rings is 1. The van der Waals surface area contributed by atoms with Crippen molar-refractivity contribution in [2.24, 2.45) is 5.84 Å². The molecule has 1 aliphatic heterocycles. The summed E-state index contributed by atoms with van der Waals surface area (Å²) < 4.78 is 14.7. The maximum absolute atomic E-state index is 14.0. The number of halogens is 2. The number of hydrazine groups is 1. The van der Waals surface area contributed by atoms with E-state index in [4.69, 9.17) is 5.84 Å². The van der Waals surface area contributed by atoms with Gasteiger partial charge in [-0.2, -0.15) is 11.8 Å². The van der Waals surface area contributed by atoms with Crippen molar-refractivity contribution >= 4 is 39.0 Å². The van der Waals surface area contributed by atoms with Gasteiger partial charge in [0.2, 0.25) is 0 Å². The predicted molar refractivity (Wildman–Crippen MR) is 92.1 cm³/mol. The molecule has 1 atom stereocenters. The van der Waals surface area contributed by atoms with Crippen LogP contribution < -0.4 is 11.3 Å². The zero-order chi connectivity index (χ0) is 14.8. The smallest absolute Gasteiger partial charge is 0.127 e. The summed E-state index contributed by atoms with van der Waals surface area (Å²) >= 11 is 7.06. The van der Waals surface area contributed by atoms with Crippen LogP contribution in [0.4, 0.5) is 4.39 Å². The van der Waals surface area contributed by atoms with Gasteiger partial charge in [0, 0.05) is 20.0 Å². The van der Waals surface area contributed by atoms with Crippen molar-refractivity contribution in [1.29, 1.82) is 0 Å². The highest BCUT2D eigenvalue weighted by atomic mass is 79.9. The van der Waals surface area contributed by atoms with E-state index in [0.29, 0.717) is 12.0 Å². The maximum Gasteiger partial charge on any atom is 0.127 e. The molecule has 3 rings (SSSR count). The van der Waals surface area contributed by atoms with Gasteiger partial charge in [-0.15, -0.1) is 11.3 Å². The molecule has 0 saturated heterocycles. The molecule has 1 aromatic carbocycles. The topological polar surface area (TPSA) is 38.0 Å². The largest absolute Gasteiger partial charge is 0.271 e. The molecule has 0 spiro atoms. The van der Waals surface area contributed by atoms with Gasteiger partial charge < -0.3 is 0 Å². The lowest BCUT2D eigenvalue weighted by molar-refractivity contribution is 0.535. The van der Waals surface area contributed by atoms with Crippen LogP contribution in [0.25, 0.3) is 0 Å². The van der Waals surface area contributed by atoms with Gasteiger partial charge >= 0.3 is 0 Å². The van der Waals surface area contributed by atoms with Crippen LogP contribution in [-0.4, -0.2) is 5.75 Å². The summed E-state index contributed by atoms with van der Waals surface area (Å²) in [4.78, 5) is 2.66. The molecule has 6 heteroatoms. The number of benzene rings is 1. The number of nitrogens with one attached hydrogen (secondary N) is 1. The van der Waals surface area contributed by atoms with E-state index in [1.54, 1.807) is 0 Å². The molecule has 3 N–H and O–H groups in total. The summed E-state index contributed by atoms with van der Waals surface area (Å²) in [5.74, 6) is 7.79. The van der Waals surface area contributed by atoms with Crippen LogP contribution in [0, 0.1) is 5.82 Å². The van der Waals surface area contributed by atoms with E-state index in [2.05, 4.69) is 27.4 Å². The van der Waals surface area contributed by atoms with Crippen LogP contribution in [0.3, 0.4) is 0 Å². The summed E-state index contributed by atoms with van der Waals surface area (Å²) in [6.45, 7) is 0. The second-order valence-corrected chi connectivity index (χ2v) is 8.25. The van der Waals surface area contributed by atoms with Gasteiger partial charge in [-0.25, -0.2) is 4.39 Å². The minimum Gasteiger partial charge on any atom is -0.271 e. The van der Waals surface area contributed by atoms with E-state index < -0.39 is 0 Å². The van der Waals surface area contributed by atoms with E-state index in [1.807, 2.05) is 35.2 Å². The second kappa shape index (κ2) is 6.79. The molecule has 0 radical (unpaired) electrons. The zero-order valence-electron chi connectivity index (χ0n) is 11.4. The monoisotopic (exact) mass is 386 g/mol. The molecule has 1 unspecified atom stereocenters. The van der Waals surface area contributed by atoms with E-state index in [1.165, 1.54) is 27.1 Å². The second-order valence-electron chi connectivity index (χ2n) is 5.06. The lowest BCUT2D eigenvalue weighted by Crippen LogP contribution is -2.29. The molecular weight excluding hydrogens is 371 g/mol. The Labute approximate surface area is 140 Å². The first kappa shape index (κ1) is 15.5. The third kappa shape index (κ3) is 3.51. The average Bonchev–Trinajstić information content (AvgIpc) is 2.90. The van der Waals surface area contributed by atoms with E-state index in [9.17, 15) is 4.39 Å². The summed E-state index contributed by atoms with van der Waals surface area (Å²) in [6.07, 6.45) is 1.69. The summed E-state index contributed by atoms with van der Waals surface area (Å²) in [5, 5.41) is 0. The number of thioether (sulfide) groups is 1. The Balaban J connectivity index is 1.83. The fourth-order valence-electron chi connectivity index (χ4n) is 2.49. The van der Waals surface area contributed by atoms with Crippen LogP contribution in [0.2, 0.25) is 0 Å². The molecule has 0 fully saturated rings. The number of rotatable bonds is 4. The van der Waals surface area contributed by atoms with Crippen molar-refractivity contribution in [2.45, 2.75) is 24.6 Å². The first-order valence-corrected chi connectivity index (χ1v) is 9.53. The first-order chi connectivity index (χ1) is 10.2. The SMILES string of the molecule is NNC(Cc1ccc(Br)cc1F)c1cc2c(s1)CCSC2. The molecule has 1 aliphatic rings. The van der Waals surface area contributed by atoms with Crippen LogP contribution in [-0.2, 0) is 18.6 Å². The predicted octanol–water partition coefficient (Wildman–Crippen LogP) is 4.19. The average molecular weight is 387 g/mol. The van der Waals surface area contributed by atoms with E-state index in [-0.39, 0.29) is 11.9 Å². The van der Waals surface area contributed by atoms with Gasteiger partial charge in [0.15, 0.2) is 0 Å². The van der Waals surface area contributed by atoms with Crippen LogP contribution in [0.15, 0.2) is 28.7 Å². The van der Waals surface area contributed by atoms with Crippen LogP contribution >= 0.6 is 39.0 Å². The Morgan fingerprint density at radius 1 is 1.38 bits per heavy atom. The normalized spacial score (nSPS) is 15.8. The highest BCUT2D eigenvalue weighted by Gasteiger charge is 2.20. The molecule has 1 aromatic heterocycles. The van der Waals surface area contributed by atoms with Crippen molar-refractivity contribution in [3.05, 3.63) is 55.4 Å². The zero-order valence-corrected chi connectivity index (χ0v) is 14.6. The summed E-state index contributed by atoms with van der Waals surface area (Å²) in [6, 6.07) is 7.36. The van der Waals surface area contributed by atoms with Gasteiger partial charge in [-0.3, -0.25) is 11.3 Å². The van der Waals surface area contributed by atoms with Crippen molar-refractivity contribution in [1.82, 2.24) is 5.43 Å². The number of nitrogens with two attached hydrogens (primary N) is 1. The number of hydrogen-bond acceptors (Lipinski definition) is 4. The van der Waals surface area contributed by atoms with Crippen molar-refractivity contribution in [2.75, 3.05) is 5.75 Å². The Kier molecular flexibility index (Phi) is 5.01. The Bertz CT molecular complexity index is 621. The number of aryl methyl sites for hydroxylation is 1. The van der Waals surface area contributed by atoms with Crippen molar-refractivity contribution < 1.29 is 4.39 Å². The minimum atomic E-state index is -0.193. The van der Waals surface area contributed by atoms with Crippen LogP contribution in [0.1, 0.15) is 26.9 Å². The molecule has 21 heavy (non-hydrogen) atoms. The Hall–Kier alpha value is -0.400. The highest BCUT2D eigenvalue weighted by Crippen LogP contribution is 2.35. The van der Waals surface area contributed by atoms with Gasteiger partial charge in [0.25, 0.3) is 0 Å². The standard InChI is InChI=1S/C15H16BrFN2S2/c16-11-2-1-9(12(17)7-11)5-13(19-18)15-6-10-8-20-4-3-14(10)21-15/h1-2,6-7,13,19H,3-5,8,18H2. The molecular formula is C15H16BrFN2S2. The molecule has 2 nitrogen and oxygen atoms in total. The Morgan fingerprint density at radius 3 is 2.95 bits per heavy atom. The van der Waals surface area contributed by atoms with Gasteiger partial charge in [0.1, 0.15) is 5.82 Å². The molecule has 112 valence electrons. The van der Waals surface area contributed by atoms with Crippen LogP contribution in [0.5, 0.6) is 0 Å². The van der Waals surface area contributed by atoms with E-state index >= 15 is 0 Å². The molecule has 0 saturated carbocycles. The lowest BCUT2D eigenvalue weighted by Gasteiger charge is -2.15. The Morgan fingerprint density at radius 2 is 2.24 bits per heavy atom. The molecule has 0 amide bonds. The third-order valence-corrected chi connectivity index (χ3v) is 6.48. The fourth-order valence-corrected chi connectivity index (χ4v) is 5.26. The molecule has 2 heterocycles. The highest BCUT2D eigenvalue weighted by molar-refractivity contribution is 9.10.